The number of Topliss-reactive ketones (excluding diaryl/α,β-unsaturated/α-hetero) is 1. The molecule has 2 rings (SSSR count). The van der Waals surface area contributed by atoms with Crippen molar-refractivity contribution in [2.24, 2.45) is 0 Å². The molecule has 0 aromatic carbocycles. The van der Waals surface area contributed by atoms with Crippen LogP contribution in [0, 0.1) is 0 Å². The molecule has 0 saturated heterocycles. The average molecular weight is 278 g/mol. The van der Waals surface area contributed by atoms with Crippen LogP contribution in [-0.4, -0.2) is 42.8 Å². The second-order valence-electron chi connectivity index (χ2n) is 5.01. The van der Waals surface area contributed by atoms with Crippen molar-refractivity contribution in [3.63, 3.8) is 0 Å². The smallest absolute Gasteiger partial charge is 0.287 e. The van der Waals surface area contributed by atoms with Crippen molar-refractivity contribution in [2.45, 2.75) is 33.1 Å². The topological polar surface area (TPSA) is 62.6 Å². The highest BCUT2D eigenvalue weighted by molar-refractivity contribution is 6.01. The first-order valence-electron chi connectivity index (χ1n) is 7.32. The van der Waals surface area contributed by atoms with Gasteiger partial charge in [0.05, 0.1) is 5.56 Å². The molecule has 1 N–H and O–H groups in total. The number of aryl methyl sites for hydroxylation is 1. The van der Waals surface area contributed by atoms with E-state index in [1.807, 2.05) is 0 Å². The van der Waals surface area contributed by atoms with Gasteiger partial charge in [-0.15, -0.1) is 0 Å². The molecule has 0 fully saturated rings. The quantitative estimate of drug-likeness (QED) is 0.863. The van der Waals surface area contributed by atoms with Crippen LogP contribution in [0.15, 0.2) is 10.5 Å². The van der Waals surface area contributed by atoms with E-state index in [0.717, 1.165) is 32.5 Å². The molecule has 0 atom stereocenters. The predicted octanol–water partition coefficient (Wildman–Crippen LogP) is 1.87. The van der Waals surface area contributed by atoms with E-state index in [1.165, 1.54) is 0 Å². The summed E-state index contributed by atoms with van der Waals surface area (Å²) >= 11 is 0. The largest absolute Gasteiger partial charge is 0.455 e. The van der Waals surface area contributed by atoms with Crippen LogP contribution < -0.4 is 5.32 Å². The zero-order chi connectivity index (χ0) is 14.5. The molecule has 1 heterocycles. The van der Waals surface area contributed by atoms with E-state index in [0.29, 0.717) is 24.3 Å². The molecule has 0 saturated carbocycles. The third kappa shape index (κ3) is 3.28. The highest BCUT2D eigenvalue weighted by Gasteiger charge is 2.24. The Kier molecular flexibility index (Phi) is 4.95. The van der Waals surface area contributed by atoms with E-state index < -0.39 is 0 Å². The van der Waals surface area contributed by atoms with Crippen molar-refractivity contribution >= 4 is 11.7 Å². The molecule has 5 heteroatoms. The molecule has 5 nitrogen and oxygen atoms in total. The Morgan fingerprint density at radius 3 is 2.75 bits per heavy atom. The highest BCUT2D eigenvalue weighted by Crippen LogP contribution is 2.24. The highest BCUT2D eigenvalue weighted by atomic mass is 16.4. The van der Waals surface area contributed by atoms with Gasteiger partial charge in [0, 0.05) is 32.0 Å². The fraction of sp³-hybridized carbons (Fsp3) is 0.600. The molecule has 1 aromatic heterocycles. The maximum atomic E-state index is 12.0. The van der Waals surface area contributed by atoms with Crippen molar-refractivity contribution in [3.8, 4) is 0 Å². The molecule has 1 aliphatic rings. The summed E-state index contributed by atoms with van der Waals surface area (Å²) in [4.78, 5) is 25.9. The fourth-order valence-corrected chi connectivity index (χ4v) is 2.46. The second-order valence-corrected chi connectivity index (χ2v) is 5.01. The Hall–Kier alpha value is -1.62. The van der Waals surface area contributed by atoms with Crippen molar-refractivity contribution in [2.75, 3.05) is 26.2 Å². The number of hydrogen-bond acceptors (Lipinski definition) is 4. The van der Waals surface area contributed by atoms with Crippen LogP contribution in [0.25, 0.3) is 0 Å². The number of amides is 1. The third-order valence-electron chi connectivity index (χ3n) is 3.75. The Labute approximate surface area is 119 Å². The van der Waals surface area contributed by atoms with Gasteiger partial charge in [-0.1, -0.05) is 13.8 Å². The summed E-state index contributed by atoms with van der Waals surface area (Å²) in [5.74, 6) is 0.761. The number of hydrogen-bond donors (Lipinski definition) is 1. The lowest BCUT2D eigenvalue weighted by Gasteiger charge is -2.17. The average Bonchev–Trinajstić information content (AvgIpc) is 2.89. The van der Waals surface area contributed by atoms with Crippen LogP contribution in [-0.2, 0) is 6.42 Å². The predicted molar refractivity (Wildman–Crippen MR) is 76.1 cm³/mol. The molecule has 20 heavy (non-hydrogen) atoms. The maximum Gasteiger partial charge on any atom is 0.287 e. The number of nitrogens with zero attached hydrogens (tertiary/aromatic N) is 1. The van der Waals surface area contributed by atoms with Crippen LogP contribution in [0.3, 0.4) is 0 Å². The second kappa shape index (κ2) is 6.70. The van der Waals surface area contributed by atoms with E-state index in [9.17, 15) is 9.59 Å². The van der Waals surface area contributed by atoms with Crippen LogP contribution in [0.5, 0.6) is 0 Å². The molecular formula is C15H22N2O3. The van der Waals surface area contributed by atoms with Gasteiger partial charge in [-0.3, -0.25) is 9.59 Å². The van der Waals surface area contributed by atoms with E-state index in [4.69, 9.17) is 4.42 Å². The zero-order valence-corrected chi connectivity index (χ0v) is 12.2. The molecule has 0 aliphatic heterocycles. The van der Waals surface area contributed by atoms with Crippen LogP contribution in [0.2, 0.25) is 0 Å². The van der Waals surface area contributed by atoms with Gasteiger partial charge >= 0.3 is 0 Å². The first-order chi connectivity index (χ1) is 9.65. The summed E-state index contributed by atoms with van der Waals surface area (Å²) in [5, 5.41) is 2.84. The molecule has 0 spiro atoms. The van der Waals surface area contributed by atoms with Gasteiger partial charge in [0.2, 0.25) is 0 Å². The first-order valence-corrected chi connectivity index (χ1v) is 7.32. The Bertz CT molecular complexity index is 489. The van der Waals surface area contributed by atoms with Crippen LogP contribution >= 0.6 is 0 Å². The summed E-state index contributed by atoms with van der Waals surface area (Å²) in [6, 6.07) is 1.59. The summed E-state index contributed by atoms with van der Waals surface area (Å²) < 4.78 is 5.50. The monoisotopic (exact) mass is 278 g/mol. The van der Waals surface area contributed by atoms with Gasteiger partial charge in [-0.25, -0.2) is 0 Å². The van der Waals surface area contributed by atoms with Gasteiger partial charge in [0.25, 0.3) is 5.91 Å². The van der Waals surface area contributed by atoms with Gasteiger partial charge in [0.1, 0.15) is 5.76 Å². The molecule has 0 bridgehead atoms. The Morgan fingerprint density at radius 1 is 1.35 bits per heavy atom. The van der Waals surface area contributed by atoms with Crippen molar-refractivity contribution in [3.05, 3.63) is 23.2 Å². The standard InChI is InChI=1S/C15H22N2O3/c1-3-17(4-2)9-8-16-15(19)14-10-11-12(18)6-5-7-13(11)20-14/h10H,3-9H2,1-2H3,(H,16,19). The molecule has 1 aromatic rings. The minimum absolute atomic E-state index is 0.0807. The summed E-state index contributed by atoms with van der Waals surface area (Å²) in [7, 11) is 0. The maximum absolute atomic E-state index is 12.0. The number of furan rings is 1. The van der Waals surface area contributed by atoms with Crippen LogP contribution in [0.1, 0.15) is 53.4 Å². The molecule has 1 amide bonds. The molecule has 0 unspecified atom stereocenters. The van der Waals surface area contributed by atoms with E-state index in [2.05, 4.69) is 24.1 Å². The molecule has 0 radical (unpaired) electrons. The van der Waals surface area contributed by atoms with Crippen molar-refractivity contribution in [1.82, 2.24) is 10.2 Å². The SMILES string of the molecule is CCN(CC)CCNC(=O)c1cc2c(o1)CCCC2=O. The number of likely N-dealkylation sites (N-methyl/N-ethyl adjacent to an activating group) is 1. The van der Waals surface area contributed by atoms with Gasteiger partial charge < -0.3 is 14.6 Å². The number of fused-ring (bicyclic) bond motifs is 1. The summed E-state index contributed by atoms with van der Waals surface area (Å²) in [6.45, 7) is 7.53. The van der Waals surface area contributed by atoms with Crippen LogP contribution in [0.4, 0.5) is 0 Å². The number of carbonyl (C=O) groups is 2. The Morgan fingerprint density at radius 2 is 2.10 bits per heavy atom. The van der Waals surface area contributed by atoms with E-state index in [-0.39, 0.29) is 17.5 Å². The molecular weight excluding hydrogens is 256 g/mol. The molecule has 1 aliphatic carbocycles. The molecule has 110 valence electrons. The fourth-order valence-electron chi connectivity index (χ4n) is 2.46. The third-order valence-corrected chi connectivity index (χ3v) is 3.75. The van der Waals surface area contributed by atoms with E-state index >= 15 is 0 Å². The van der Waals surface area contributed by atoms with Gasteiger partial charge in [0.15, 0.2) is 11.5 Å². The van der Waals surface area contributed by atoms with Crippen molar-refractivity contribution in [1.29, 1.82) is 0 Å². The summed E-state index contributed by atoms with van der Waals surface area (Å²) in [6.07, 6.45) is 2.10. The first kappa shape index (κ1) is 14.8. The van der Waals surface area contributed by atoms with Crippen molar-refractivity contribution < 1.29 is 14.0 Å². The van der Waals surface area contributed by atoms with Gasteiger partial charge in [-0.05, 0) is 19.5 Å². The Balaban J connectivity index is 1.91. The minimum atomic E-state index is -0.237. The number of carbonyl (C=O) groups excluding carboxylic acids is 2. The zero-order valence-electron chi connectivity index (χ0n) is 12.2. The normalized spacial score (nSPS) is 14.4. The van der Waals surface area contributed by atoms with Gasteiger partial charge in [-0.2, -0.15) is 0 Å². The lowest BCUT2D eigenvalue weighted by Crippen LogP contribution is -2.34. The lowest BCUT2D eigenvalue weighted by atomic mass is 9.97. The number of ketones is 1. The minimum Gasteiger partial charge on any atom is -0.455 e. The lowest BCUT2D eigenvalue weighted by molar-refractivity contribution is 0.0915. The summed E-state index contributed by atoms with van der Waals surface area (Å²) in [5.41, 5.74) is 0.588. The number of rotatable bonds is 6. The van der Waals surface area contributed by atoms with E-state index in [1.54, 1.807) is 6.07 Å². The number of nitrogens with one attached hydrogen (secondary N) is 1.